The molecule has 74 valence electrons. The van der Waals surface area contributed by atoms with Crippen molar-refractivity contribution in [2.24, 2.45) is 0 Å². The van der Waals surface area contributed by atoms with Crippen molar-refractivity contribution in [3.05, 3.63) is 24.3 Å². The van der Waals surface area contributed by atoms with Crippen molar-refractivity contribution in [2.75, 3.05) is 6.67 Å². The second kappa shape index (κ2) is 6.54. The Morgan fingerprint density at radius 1 is 1.69 bits per heavy atom. The Hall–Kier alpha value is -0.960. The van der Waals surface area contributed by atoms with E-state index in [9.17, 15) is 9.18 Å². The number of halogens is 1. The number of aliphatic hydroxyl groups is 1. The molecule has 1 N–H and O–H groups in total. The molecule has 0 radical (unpaired) electrons. The maximum atomic E-state index is 12.2. The van der Waals surface area contributed by atoms with Gasteiger partial charge in [0.05, 0.1) is 0 Å². The molecule has 0 aliphatic heterocycles. The van der Waals surface area contributed by atoms with Crippen molar-refractivity contribution in [2.45, 2.75) is 25.9 Å². The first kappa shape index (κ1) is 12.0. The average Bonchev–Trinajstić information content (AvgIpc) is 2.11. The van der Waals surface area contributed by atoms with E-state index in [1.807, 2.05) is 0 Å². The molecule has 0 rings (SSSR count). The lowest BCUT2D eigenvalue weighted by molar-refractivity contribution is -0.124. The third-order valence-corrected chi connectivity index (χ3v) is 1.68. The van der Waals surface area contributed by atoms with Crippen molar-refractivity contribution < 1.29 is 14.3 Å². The van der Waals surface area contributed by atoms with Gasteiger partial charge in [0.25, 0.3) is 0 Å². The number of aliphatic hydroxyl groups excluding tert-OH is 1. The van der Waals surface area contributed by atoms with Crippen molar-refractivity contribution >= 4 is 5.78 Å². The Morgan fingerprint density at radius 2 is 2.31 bits per heavy atom. The lowest BCUT2D eigenvalue weighted by Gasteiger charge is -2.03. The van der Waals surface area contributed by atoms with E-state index >= 15 is 0 Å². The van der Waals surface area contributed by atoms with Crippen LogP contribution in [0.25, 0.3) is 0 Å². The molecule has 0 fully saturated rings. The molecule has 1 atom stereocenters. The number of allylic oxidation sites excluding steroid dienone is 2. The molecule has 3 heteroatoms. The molecule has 0 spiro atoms. The van der Waals surface area contributed by atoms with Crippen LogP contribution in [0.15, 0.2) is 24.3 Å². The van der Waals surface area contributed by atoms with Crippen LogP contribution >= 0.6 is 0 Å². The highest BCUT2D eigenvalue weighted by Crippen LogP contribution is 2.06. The second-order valence-electron chi connectivity index (χ2n) is 2.85. The molecule has 13 heavy (non-hydrogen) atoms. The maximum absolute atomic E-state index is 12.2. The standard InChI is InChI=1S/C10H15FO2/c1-3-4-9(7-11)5-6-10(13)8(2)12/h3,5,10,13H,1,4,6-7H2,2H3/b9-5+/t10-/m0/s1. The van der Waals surface area contributed by atoms with Crippen LogP contribution in [0.3, 0.4) is 0 Å². The lowest BCUT2D eigenvalue weighted by Crippen LogP contribution is -2.15. The van der Waals surface area contributed by atoms with Crippen molar-refractivity contribution in [3.63, 3.8) is 0 Å². The van der Waals surface area contributed by atoms with Crippen LogP contribution in [0.5, 0.6) is 0 Å². The van der Waals surface area contributed by atoms with Crippen LogP contribution in [0, 0.1) is 0 Å². The second-order valence-corrected chi connectivity index (χ2v) is 2.85. The van der Waals surface area contributed by atoms with Crippen LogP contribution in [-0.2, 0) is 4.79 Å². The zero-order chi connectivity index (χ0) is 10.3. The van der Waals surface area contributed by atoms with Gasteiger partial charge in [-0.25, -0.2) is 4.39 Å². The number of ketones is 1. The molecule has 0 aromatic carbocycles. The number of carbonyl (C=O) groups is 1. The molecule has 0 aromatic heterocycles. The van der Waals surface area contributed by atoms with E-state index in [1.54, 1.807) is 12.2 Å². The Labute approximate surface area is 77.8 Å². The molecule has 0 amide bonds. The predicted octanol–water partition coefficient (Wildman–Crippen LogP) is 1.80. The van der Waals surface area contributed by atoms with Gasteiger partial charge in [-0.3, -0.25) is 4.79 Å². The Bertz CT molecular complexity index is 209. The van der Waals surface area contributed by atoms with Gasteiger partial charge in [0.2, 0.25) is 0 Å². The first-order valence-electron chi connectivity index (χ1n) is 4.15. The summed E-state index contributed by atoms with van der Waals surface area (Å²) in [6.45, 7) is 4.22. The number of hydrogen-bond donors (Lipinski definition) is 1. The van der Waals surface area contributed by atoms with E-state index in [1.165, 1.54) is 6.92 Å². The minimum absolute atomic E-state index is 0.183. The molecule has 0 unspecified atom stereocenters. The van der Waals surface area contributed by atoms with Gasteiger partial charge in [-0.15, -0.1) is 6.58 Å². The quantitative estimate of drug-likeness (QED) is 0.642. The summed E-state index contributed by atoms with van der Waals surface area (Å²) < 4.78 is 12.2. The Kier molecular flexibility index (Phi) is 6.06. The SMILES string of the molecule is C=CC/C(=C\C[C@H](O)C(C)=O)CF. The molecule has 0 aliphatic rings. The van der Waals surface area contributed by atoms with E-state index in [0.717, 1.165) is 0 Å². The first-order chi connectivity index (χ1) is 6.11. The van der Waals surface area contributed by atoms with Crippen molar-refractivity contribution in [3.8, 4) is 0 Å². The van der Waals surface area contributed by atoms with E-state index in [-0.39, 0.29) is 12.2 Å². The summed E-state index contributed by atoms with van der Waals surface area (Å²) in [5.41, 5.74) is 0.551. The summed E-state index contributed by atoms with van der Waals surface area (Å²) >= 11 is 0. The van der Waals surface area contributed by atoms with E-state index in [4.69, 9.17) is 5.11 Å². The smallest absolute Gasteiger partial charge is 0.158 e. The normalized spacial score (nSPS) is 13.9. The molecule has 0 aliphatic carbocycles. The molecular formula is C10H15FO2. The monoisotopic (exact) mass is 186 g/mol. The largest absolute Gasteiger partial charge is 0.385 e. The lowest BCUT2D eigenvalue weighted by atomic mass is 10.1. The van der Waals surface area contributed by atoms with Crippen LogP contribution in [-0.4, -0.2) is 23.7 Å². The number of alkyl halides is 1. The molecule has 0 bridgehead atoms. The Balaban J connectivity index is 4.04. The van der Waals surface area contributed by atoms with Gasteiger partial charge < -0.3 is 5.11 Å². The Morgan fingerprint density at radius 3 is 2.69 bits per heavy atom. The van der Waals surface area contributed by atoms with Gasteiger partial charge in [0.15, 0.2) is 5.78 Å². The van der Waals surface area contributed by atoms with Crippen molar-refractivity contribution in [1.82, 2.24) is 0 Å². The third kappa shape index (κ3) is 5.31. The topological polar surface area (TPSA) is 37.3 Å². The van der Waals surface area contributed by atoms with Gasteiger partial charge in [-0.05, 0) is 25.3 Å². The van der Waals surface area contributed by atoms with Crippen LogP contribution in [0.2, 0.25) is 0 Å². The third-order valence-electron chi connectivity index (χ3n) is 1.68. The van der Waals surface area contributed by atoms with Gasteiger partial charge in [0, 0.05) is 0 Å². The highest BCUT2D eigenvalue weighted by molar-refractivity contribution is 5.80. The van der Waals surface area contributed by atoms with E-state index < -0.39 is 12.8 Å². The number of carbonyl (C=O) groups excluding carboxylic acids is 1. The average molecular weight is 186 g/mol. The summed E-state index contributed by atoms with van der Waals surface area (Å²) in [6.07, 6.45) is 2.77. The fourth-order valence-corrected chi connectivity index (χ4v) is 0.822. The maximum Gasteiger partial charge on any atom is 0.158 e. The zero-order valence-corrected chi connectivity index (χ0v) is 7.79. The fraction of sp³-hybridized carbons (Fsp3) is 0.500. The minimum Gasteiger partial charge on any atom is -0.385 e. The summed E-state index contributed by atoms with van der Waals surface area (Å²) in [5, 5.41) is 9.10. The molecule has 0 saturated carbocycles. The summed E-state index contributed by atoms with van der Waals surface area (Å²) in [4.78, 5) is 10.6. The predicted molar refractivity (Wildman–Crippen MR) is 50.2 cm³/mol. The van der Waals surface area contributed by atoms with Gasteiger partial charge in [-0.1, -0.05) is 12.2 Å². The van der Waals surface area contributed by atoms with Gasteiger partial charge >= 0.3 is 0 Å². The van der Waals surface area contributed by atoms with E-state index in [0.29, 0.717) is 12.0 Å². The van der Waals surface area contributed by atoms with E-state index in [2.05, 4.69) is 6.58 Å². The number of hydrogen-bond acceptors (Lipinski definition) is 2. The summed E-state index contributed by atoms with van der Waals surface area (Å²) in [6, 6.07) is 0. The number of Topliss-reactive ketones (excluding diaryl/α,β-unsaturated/α-hetero) is 1. The van der Waals surface area contributed by atoms with Crippen molar-refractivity contribution in [1.29, 1.82) is 0 Å². The minimum atomic E-state index is -1.01. The fourth-order valence-electron chi connectivity index (χ4n) is 0.822. The molecule has 0 saturated heterocycles. The van der Waals surface area contributed by atoms with Crippen LogP contribution in [0.4, 0.5) is 4.39 Å². The molecule has 0 aromatic rings. The molecular weight excluding hydrogens is 171 g/mol. The van der Waals surface area contributed by atoms with Gasteiger partial charge in [0.1, 0.15) is 12.8 Å². The van der Waals surface area contributed by atoms with Crippen LogP contribution in [0.1, 0.15) is 19.8 Å². The zero-order valence-electron chi connectivity index (χ0n) is 7.79. The molecule has 0 heterocycles. The van der Waals surface area contributed by atoms with Crippen LogP contribution < -0.4 is 0 Å². The summed E-state index contributed by atoms with van der Waals surface area (Å²) in [7, 11) is 0. The first-order valence-corrected chi connectivity index (χ1v) is 4.15. The highest BCUT2D eigenvalue weighted by Gasteiger charge is 2.07. The van der Waals surface area contributed by atoms with Gasteiger partial charge in [-0.2, -0.15) is 0 Å². The highest BCUT2D eigenvalue weighted by atomic mass is 19.1. The number of rotatable bonds is 6. The summed E-state index contributed by atoms with van der Waals surface area (Å²) in [5.74, 6) is -0.298. The molecule has 2 nitrogen and oxygen atoms in total.